The molecule has 3 rings (SSSR count). The van der Waals surface area contributed by atoms with E-state index in [-0.39, 0.29) is 5.92 Å². The lowest BCUT2D eigenvalue weighted by atomic mass is 9.95. The molecule has 0 aromatic heterocycles. The van der Waals surface area contributed by atoms with Gasteiger partial charge in [-0.05, 0) is 31.6 Å². The largest absolute Gasteiger partial charge is 0.381 e. The highest BCUT2D eigenvalue weighted by atomic mass is 16.5. The summed E-state index contributed by atoms with van der Waals surface area (Å²) in [5.41, 5.74) is 0. The third-order valence-electron chi connectivity index (χ3n) is 4.73. The van der Waals surface area contributed by atoms with Crippen LogP contribution in [0.1, 0.15) is 19.8 Å². The first-order valence-corrected chi connectivity index (χ1v) is 6.86. The Morgan fingerprint density at radius 1 is 1.41 bits per heavy atom. The second-order valence-electron chi connectivity index (χ2n) is 5.73. The first-order valence-electron chi connectivity index (χ1n) is 6.86. The van der Waals surface area contributed by atoms with Gasteiger partial charge in [-0.1, -0.05) is 0 Å². The molecule has 0 aromatic rings. The fourth-order valence-electron chi connectivity index (χ4n) is 3.63. The van der Waals surface area contributed by atoms with Crippen molar-refractivity contribution < 1.29 is 9.53 Å². The normalized spacial score (nSPS) is 41.6. The van der Waals surface area contributed by atoms with Gasteiger partial charge in [0.25, 0.3) is 0 Å². The van der Waals surface area contributed by atoms with Crippen molar-refractivity contribution in [3.05, 3.63) is 0 Å². The van der Waals surface area contributed by atoms with Crippen molar-refractivity contribution in [2.45, 2.75) is 25.8 Å². The van der Waals surface area contributed by atoms with Gasteiger partial charge in [-0.25, -0.2) is 0 Å². The molecule has 3 heterocycles. The summed E-state index contributed by atoms with van der Waals surface area (Å²) in [5, 5.41) is 3.43. The molecular weight excluding hydrogens is 216 g/mol. The molecule has 4 heteroatoms. The van der Waals surface area contributed by atoms with Gasteiger partial charge in [-0.3, -0.25) is 4.79 Å². The van der Waals surface area contributed by atoms with Crippen molar-refractivity contribution in [1.29, 1.82) is 0 Å². The lowest BCUT2D eigenvalue weighted by molar-refractivity contribution is -0.140. The number of likely N-dealkylation sites (tertiary alicyclic amines) is 1. The van der Waals surface area contributed by atoms with Crippen molar-refractivity contribution in [2.24, 2.45) is 17.8 Å². The first-order chi connectivity index (χ1) is 8.27. The molecule has 3 saturated heterocycles. The topological polar surface area (TPSA) is 41.6 Å². The Morgan fingerprint density at radius 2 is 2.29 bits per heavy atom. The molecule has 3 aliphatic rings. The molecule has 1 N–H and O–H groups in total. The monoisotopic (exact) mass is 238 g/mol. The molecule has 0 spiro atoms. The Hall–Kier alpha value is -0.610. The maximum atomic E-state index is 12.5. The second kappa shape index (κ2) is 4.58. The number of hydrogen-bond donors (Lipinski definition) is 1. The zero-order valence-corrected chi connectivity index (χ0v) is 10.5. The molecule has 0 aliphatic carbocycles. The Kier molecular flexibility index (Phi) is 3.09. The van der Waals surface area contributed by atoms with Gasteiger partial charge in [0, 0.05) is 32.3 Å². The van der Waals surface area contributed by atoms with E-state index in [1.165, 1.54) is 0 Å². The highest BCUT2D eigenvalue weighted by molar-refractivity contribution is 5.79. The van der Waals surface area contributed by atoms with Crippen molar-refractivity contribution in [2.75, 3.05) is 32.8 Å². The Labute approximate surface area is 103 Å². The van der Waals surface area contributed by atoms with E-state index in [9.17, 15) is 4.79 Å². The predicted octanol–water partition coefficient (Wildman–Crippen LogP) is 0.479. The molecule has 3 aliphatic heterocycles. The summed E-state index contributed by atoms with van der Waals surface area (Å²) in [4.78, 5) is 14.6. The molecule has 17 heavy (non-hydrogen) atoms. The zero-order chi connectivity index (χ0) is 11.8. The fraction of sp³-hybridized carbons (Fsp3) is 0.923. The molecule has 3 fully saturated rings. The van der Waals surface area contributed by atoms with Crippen LogP contribution in [-0.4, -0.2) is 49.7 Å². The standard InChI is InChI=1S/C13H22N2O2/c1-9-12-6-14-5-11(12)7-15(9)13(16)10-3-2-4-17-8-10/h9-12,14H,2-8H2,1H3. The van der Waals surface area contributed by atoms with Crippen LogP contribution < -0.4 is 5.32 Å². The first kappa shape index (κ1) is 11.5. The Balaban J connectivity index is 1.66. The summed E-state index contributed by atoms with van der Waals surface area (Å²) < 4.78 is 5.43. The molecule has 4 atom stereocenters. The van der Waals surface area contributed by atoms with Gasteiger partial charge in [-0.2, -0.15) is 0 Å². The quantitative estimate of drug-likeness (QED) is 0.722. The minimum Gasteiger partial charge on any atom is -0.381 e. The third-order valence-corrected chi connectivity index (χ3v) is 4.73. The van der Waals surface area contributed by atoms with E-state index in [4.69, 9.17) is 4.74 Å². The van der Waals surface area contributed by atoms with E-state index in [0.717, 1.165) is 39.1 Å². The zero-order valence-electron chi connectivity index (χ0n) is 10.5. The summed E-state index contributed by atoms with van der Waals surface area (Å²) in [6.07, 6.45) is 2.04. The summed E-state index contributed by atoms with van der Waals surface area (Å²) in [7, 11) is 0. The number of nitrogens with zero attached hydrogens (tertiary/aromatic N) is 1. The van der Waals surface area contributed by atoms with E-state index in [2.05, 4.69) is 17.1 Å². The fourth-order valence-corrected chi connectivity index (χ4v) is 3.63. The van der Waals surface area contributed by atoms with Crippen LogP contribution in [0.2, 0.25) is 0 Å². The lowest BCUT2D eigenvalue weighted by Crippen LogP contribution is -2.43. The molecule has 0 aromatic carbocycles. The summed E-state index contributed by atoms with van der Waals surface area (Å²) >= 11 is 0. The Bertz CT molecular complexity index is 302. The minimum absolute atomic E-state index is 0.123. The molecule has 0 saturated carbocycles. The van der Waals surface area contributed by atoms with Crippen molar-refractivity contribution >= 4 is 5.91 Å². The van der Waals surface area contributed by atoms with Crippen molar-refractivity contribution in [1.82, 2.24) is 10.2 Å². The van der Waals surface area contributed by atoms with Gasteiger partial charge < -0.3 is 15.0 Å². The van der Waals surface area contributed by atoms with Crippen LogP contribution in [0.25, 0.3) is 0 Å². The molecule has 96 valence electrons. The van der Waals surface area contributed by atoms with Crippen molar-refractivity contribution in [3.8, 4) is 0 Å². The van der Waals surface area contributed by atoms with E-state index in [1.807, 2.05) is 0 Å². The van der Waals surface area contributed by atoms with Gasteiger partial charge in [-0.15, -0.1) is 0 Å². The maximum Gasteiger partial charge on any atom is 0.228 e. The molecular formula is C13H22N2O2. The van der Waals surface area contributed by atoms with Gasteiger partial charge in [0.05, 0.1) is 12.5 Å². The smallest absolute Gasteiger partial charge is 0.228 e. The van der Waals surface area contributed by atoms with Crippen LogP contribution in [-0.2, 0) is 9.53 Å². The molecule has 0 radical (unpaired) electrons. The number of nitrogens with one attached hydrogen (secondary N) is 1. The van der Waals surface area contributed by atoms with Crippen LogP contribution in [0.4, 0.5) is 0 Å². The molecule has 4 nitrogen and oxygen atoms in total. The average molecular weight is 238 g/mol. The maximum absolute atomic E-state index is 12.5. The van der Waals surface area contributed by atoms with Crippen molar-refractivity contribution in [3.63, 3.8) is 0 Å². The number of hydrogen-bond acceptors (Lipinski definition) is 3. The molecule has 1 amide bonds. The summed E-state index contributed by atoms with van der Waals surface area (Å²) in [5.74, 6) is 1.81. The summed E-state index contributed by atoms with van der Waals surface area (Å²) in [6.45, 7) is 6.79. The average Bonchev–Trinajstić information content (AvgIpc) is 2.93. The highest BCUT2D eigenvalue weighted by Crippen LogP contribution is 2.33. The Morgan fingerprint density at radius 3 is 3.00 bits per heavy atom. The number of rotatable bonds is 1. The van der Waals surface area contributed by atoms with Gasteiger partial charge in [0.2, 0.25) is 5.91 Å². The van der Waals surface area contributed by atoms with Crippen LogP contribution >= 0.6 is 0 Å². The number of fused-ring (bicyclic) bond motifs is 1. The van der Waals surface area contributed by atoms with E-state index >= 15 is 0 Å². The van der Waals surface area contributed by atoms with E-state index in [0.29, 0.717) is 30.4 Å². The van der Waals surface area contributed by atoms with E-state index in [1.54, 1.807) is 0 Å². The SMILES string of the molecule is CC1C2CNCC2CN1C(=O)C1CCCOC1. The number of ether oxygens (including phenoxy) is 1. The van der Waals surface area contributed by atoms with Crippen LogP contribution in [0.3, 0.4) is 0 Å². The minimum atomic E-state index is 0.123. The van der Waals surface area contributed by atoms with Crippen LogP contribution in [0.15, 0.2) is 0 Å². The van der Waals surface area contributed by atoms with Gasteiger partial charge >= 0.3 is 0 Å². The highest BCUT2D eigenvalue weighted by Gasteiger charge is 2.44. The van der Waals surface area contributed by atoms with Gasteiger partial charge in [0.15, 0.2) is 0 Å². The lowest BCUT2D eigenvalue weighted by Gasteiger charge is -2.30. The van der Waals surface area contributed by atoms with Crippen LogP contribution in [0, 0.1) is 17.8 Å². The third kappa shape index (κ3) is 1.97. The number of amides is 1. The summed E-state index contributed by atoms with van der Waals surface area (Å²) in [6, 6.07) is 0.407. The van der Waals surface area contributed by atoms with Crippen LogP contribution in [0.5, 0.6) is 0 Å². The second-order valence-corrected chi connectivity index (χ2v) is 5.73. The number of carbonyl (C=O) groups is 1. The van der Waals surface area contributed by atoms with E-state index < -0.39 is 0 Å². The van der Waals surface area contributed by atoms with Gasteiger partial charge in [0.1, 0.15) is 0 Å². The molecule has 4 unspecified atom stereocenters. The predicted molar refractivity (Wildman–Crippen MR) is 64.6 cm³/mol. The molecule has 0 bridgehead atoms. The number of carbonyl (C=O) groups excluding carboxylic acids is 1.